The van der Waals surface area contributed by atoms with Crippen molar-refractivity contribution in [2.45, 2.75) is 73.6 Å². The van der Waals surface area contributed by atoms with Crippen molar-refractivity contribution in [1.29, 1.82) is 0 Å². The molecule has 16 atom stereocenters. The van der Waals surface area contributed by atoms with Crippen LogP contribution in [0.3, 0.4) is 0 Å². The molecule has 0 amide bonds. The summed E-state index contributed by atoms with van der Waals surface area (Å²) in [6, 6.07) is 0.929. The SMILES string of the molecule is COCCOC1C(OP(=O)(O)OC[C@H]2O[C@@H](n3ccc(=O)[nH]c3=O)C(O)C2O)[C@@H](COP(=O)(OC)OP(=O)(O)OP(=O)(O)OC[C@H]2O[C@@H](n3c[n+](C)c4c(=O)[nH]c(N)nc43)C(O)C2O)O[C@H]1n1cnc2c(N)ncnc21. The van der Waals surface area contributed by atoms with E-state index in [1.54, 1.807) is 0 Å². The van der Waals surface area contributed by atoms with Crippen LogP contribution in [0.15, 0.2) is 45.6 Å². The number of ether oxygens (including phenoxy) is 5. The lowest BCUT2D eigenvalue weighted by molar-refractivity contribution is -0.646. The van der Waals surface area contributed by atoms with Crippen LogP contribution < -0.4 is 32.8 Å². The molecule has 8 rings (SSSR count). The summed E-state index contributed by atoms with van der Waals surface area (Å²) in [5.74, 6) is -0.392. The van der Waals surface area contributed by atoms with Crippen LogP contribution in [0.5, 0.6) is 0 Å². The Bertz CT molecular complexity index is 3300. The minimum absolute atomic E-state index is 0.0120. The molecular formula is C34H49N12O26P4+. The van der Waals surface area contributed by atoms with Gasteiger partial charge >= 0.3 is 42.5 Å². The minimum Gasteiger partial charge on any atom is -0.387 e. The Morgan fingerprint density at radius 1 is 0.724 bits per heavy atom. The number of aryl methyl sites for hydroxylation is 1. The molecule has 76 heavy (non-hydrogen) atoms. The lowest BCUT2D eigenvalue weighted by Gasteiger charge is -2.27. The Labute approximate surface area is 422 Å². The molecule has 8 heterocycles. The number of nitrogens with zero attached hydrogens (tertiary/aromatic N) is 8. The summed E-state index contributed by atoms with van der Waals surface area (Å²) in [7, 11) is -19.5. The molecule has 42 heteroatoms. The Hall–Kier alpha value is -4.66. The maximum atomic E-state index is 13.8. The van der Waals surface area contributed by atoms with Crippen LogP contribution in [0, 0.1) is 0 Å². The number of aromatic amines is 2. The number of fused-ring (bicyclic) bond motifs is 2. The van der Waals surface area contributed by atoms with Gasteiger partial charge in [-0.25, -0.2) is 42.6 Å². The van der Waals surface area contributed by atoms with E-state index in [9.17, 15) is 67.8 Å². The largest absolute Gasteiger partial charge is 0.490 e. The zero-order valence-corrected chi connectivity index (χ0v) is 42.8. The van der Waals surface area contributed by atoms with Gasteiger partial charge in [-0.05, 0) is 0 Å². The van der Waals surface area contributed by atoms with Crippen LogP contribution in [0.4, 0.5) is 11.8 Å². The molecule has 3 fully saturated rings. The van der Waals surface area contributed by atoms with Crippen LogP contribution in [0.1, 0.15) is 18.7 Å². The molecule has 5 aromatic rings. The number of hydrogen-bond acceptors (Lipinski definition) is 29. The van der Waals surface area contributed by atoms with Gasteiger partial charge in [0, 0.05) is 26.5 Å². The number of aliphatic hydroxyl groups excluding tert-OH is 4. The normalized spacial score (nSPS) is 30.1. The van der Waals surface area contributed by atoms with E-state index >= 15 is 0 Å². The Kier molecular flexibility index (Phi) is 17.1. The fourth-order valence-electron chi connectivity index (χ4n) is 8.06. The van der Waals surface area contributed by atoms with E-state index < -0.39 is 142 Å². The maximum absolute atomic E-state index is 13.8. The predicted octanol–water partition coefficient (Wildman–Crippen LogP) is -4.21. The molecule has 0 aliphatic carbocycles. The summed E-state index contributed by atoms with van der Waals surface area (Å²) < 4.78 is 121. The molecule has 0 radical (unpaired) electrons. The number of aliphatic hydroxyl groups is 4. The first kappa shape index (κ1) is 57.5. The van der Waals surface area contributed by atoms with Gasteiger partial charge < -0.3 is 70.3 Å². The second-order valence-electron chi connectivity index (χ2n) is 16.5. The molecule has 0 bridgehead atoms. The van der Waals surface area contributed by atoms with Gasteiger partial charge in [-0.2, -0.15) is 18.2 Å². The molecule has 5 aromatic heterocycles. The minimum atomic E-state index is -6.12. The monoisotopic (exact) mass is 1170 g/mol. The summed E-state index contributed by atoms with van der Waals surface area (Å²) in [6.45, 7) is -3.68. The summed E-state index contributed by atoms with van der Waals surface area (Å²) in [6.07, 6.45) is -16.1. The highest BCUT2D eigenvalue weighted by Crippen LogP contribution is 2.69. The van der Waals surface area contributed by atoms with Gasteiger partial charge in [0.15, 0.2) is 23.9 Å². The zero-order valence-electron chi connectivity index (χ0n) is 39.3. The van der Waals surface area contributed by atoms with Crippen LogP contribution >= 0.6 is 31.3 Å². The highest BCUT2D eigenvalue weighted by Gasteiger charge is 2.54. The number of anilines is 2. The van der Waals surface area contributed by atoms with Gasteiger partial charge in [0.2, 0.25) is 18.5 Å². The summed E-state index contributed by atoms with van der Waals surface area (Å²) >= 11 is 0. The molecule has 0 spiro atoms. The first-order chi connectivity index (χ1) is 35.7. The molecule has 38 nitrogen and oxygen atoms in total. The number of methoxy groups -OCH3 is 1. The molecule has 3 aliphatic rings. The van der Waals surface area contributed by atoms with Crippen LogP contribution in [0.2, 0.25) is 0 Å². The van der Waals surface area contributed by atoms with Gasteiger partial charge in [-0.3, -0.25) is 51.3 Å². The summed E-state index contributed by atoms with van der Waals surface area (Å²) in [5, 5.41) is 43.0. The fourth-order valence-corrected chi connectivity index (χ4v) is 12.9. The van der Waals surface area contributed by atoms with Gasteiger partial charge in [0.25, 0.3) is 16.7 Å². The predicted molar refractivity (Wildman–Crippen MR) is 243 cm³/mol. The number of aromatic nitrogens is 10. The van der Waals surface area contributed by atoms with Crippen LogP contribution in [-0.2, 0) is 80.2 Å². The standard InChI is InChI=1S/C34H48N12O26P4/c1-43-13-46(28-19(43)29(52)42-33(36)41-28)31-23(51)21(49)15(68-31)9-65-74(56,57)71-75(58,59)72-76(60,62-3)66-10-16-24(25(63-7-6-61-2)32(69-16)45-12-39-18-26(35)37-11-38-27(18)45)70-73(54,55)64-8-14-20(48)22(50)30(67-14)44-5-4-17(47)40-34(44)53/h4-5,11-16,20-25,30-32,48-51H,6-10H2,1-3H3,(H8-,35,36,37,38,40,41,42,47,52,53,54,55,56,57,58,59)/p+1/t14-,15-,16-,20?,21?,22?,23?,24?,25?,30-,31-,32-,76?/m1/s1. The van der Waals surface area contributed by atoms with E-state index in [-0.39, 0.29) is 47.3 Å². The lowest BCUT2D eigenvalue weighted by atomic mass is 10.1. The number of hydrogen-bond donors (Lipinski definition) is 11. The molecule has 3 aliphatic heterocycles. The summed E-state index contributed by atoms with van der Waals surface area (Å²) in [5.41, 5.74) is 9.14. The molecule has 10 unspecified atom stereocenters. The quantitative estimate of drug-likeness (QED) is 0.0168. The molecule has 0 aromatic carbocycles. The Morgan fingerprint density at radius 3 is 2.00 bits per heavy atom. The number of phosphoric ester groups is 3. The number of nitrogens with two attached hydrogens (primary N) is 2. The van der Waals surface area contributed by atoms with Crippen molar-refractivity contribution in [2.24, 2.45) is 7.05 Å². The van der Waals surface area contributed by atoms with Crippen molar-refractivity contribution in [1.82, 2.24) is 43.6 Å². The lowest BCUT2D eigenvalue weighted by Crippen LogP contribution is -2.39. The van der Waals surface area contributed by atoms with Gasteiger partial charge in [0.05, 0.1) is 46.4 Å². The average molecular weight is 1170 g/mol. The maximum Gasteiger partial charge on any atom is 0.490 e. The van der Waals surface area contributed by atoms with Crippen molar-refractivity contribution in [3.63, 3.8) is 0 Å². The van der Waals surface area contributed by atoms with E-state index in [1.807, 2.05) is 4.98 Å². The molecular weight excluding hydrogens is 1120 g/mol. The Balaban J connectivity index is 0.970. The second kappa shape index (κ2) is 22.6. The van der Waals surface area contributed by atoms with Crippen molar-refractivity contribution in [3.05, 3.63) is 62.4 Å². The highest BCUT2D eigenvalue weighted by atomic mass is 31.3. The van der Waals surface area contributed by atoms with Gasteiger partial charge in [-0.15, -0.1) is 0 Å². The third-order valence-electron chi connectivity index (χ3n) is 11.5. The molecule has 420 valence electrons. The first-order valence-corrected chi connectivity index (χ1v) is 27.7. The number of nitrogens with one attached hydrogen (secondary N) is 2. The smallest absolute Gasteiger partial charge is 0.387 e. The van der Waals surface area contributed by atoms with E-state index in [4.69, 9.17) is 57.8 Å². The number of rotatable bonds is 23. The van der Waals surface area contributed by atoms with Crippen LogP contribution in [-0.4, -0.2) is 181 Å². The topological polar surface area (TPSA) is 526 Å². The number of nitrogen functional groups attached to an aromatic ring is 2. The van der Waals surface area contributed by atoms with Crippen LogP contribution in [0.25, 0.3) is 22.3 Å². The third-order valence-corrected chi connectivity index (χ3v) is 17.1. The average Bonchev–Trinajstić information content (AvgIpc) is 4.16. The number of imidazole rings is 2. The molecule has 3 saturated heterocycles. The van der Waals surface area contributed by atoms with Crippen molar-refractivity contribution in [2.75, 3.05) is 58.7 Å². The summed E-state index contributed by atoms with van der Waals surface area (Å²) in [4.78, 5) is 89.2. The molecule has 0 saturated carbocycles. The Morgan fingerprint density at radius 2 is 1.36 bits per heavy atom. The van der Waals surface area contributed by atoms with Gasteiger partial charge in [0.1, 0.15) is 66.8 Å². The van der Waals surface area contributed by atoms with E-state index in [2.05, 4.69) is 33.5 Å². The van der Waals surface area contributed by atoms with E-state index in [1.165, 1.54) is 29.6 Å². The highest BCUT2D eigenvalue weighted by molar-refractivity contribution is 7.67. The fraction of sp³-hybridized carbons (Fsp3) is 0.588. The first-order valence-electron chi connectivity index (χ1n) is 21.7. The van der Waals surface area contributed by atoms with Crippen molar-refractivity contribution in [3.8, 4) is 0 Å². The second-order valence-corrected chi connectivity index (χ2v) is 22.9. The van der Waals surface area contributed by atoms with Crippen molar-refractivity contribution < 1.29 is 113 Å². The zero-order chi connectivity index (χ0) is 55.2. The number of H-pyrrole nitrogens is 2. The van der Waals surface area contributed by atoms with E-state index in [0.717, 1.165) is 34.1 Å². The number of phosphoric acid groups is 4. The van der Waals surface area contributed by atoms with Crippen molar-refractivity contribution >= 4 is 65.4 Å². The van der Waals surface area contributed by atoms with Gasteiger partial charge in [-0.1, -0.05) is 0 Å². The molecule has 13 N–H and O–H groups in total. The van der Waals surface area contributed by atoms with E-state index in [0.29, 0.717) is 7.11 Å². The third kappa shape index (κ3) is 12.3.